The highest BCUT2D eigenvalue weighted by Crippen LogP contribution is 2.18. The summed E-state index contributed by atoms with van der Waals surface area (Å²) < 4.78 is 11.3. The van der Waals surface area contributed by atoms with Gasteiger partial charge in [-0.15, -0.1) is 0 Å². The highest BCUT2D eigenvalue weighted by Gasteiger charge is 2.14. The van der Waals surface area contributed by atoms with E-state index in [4.69, 9.17) is 9.47 Å². The molecular formula is C38H75NO5. The zero-order chi connectivity index (χ0) is 32.4. The lowest BCUT2D eigenvalue weighted by atomic mass is 10.0. The predicted octanol–water partition coefficient (Wildman–Crippen LogP) is 11.5. The van der Waals surface area contributed by atoms with Crippen LogP contribution in [-0.2, 0) is 19.1 Å². The van der Waals surface area contributed by atoms with E-state index in [0.29, 0.717) is 39.0 Å². The Bertz CT molecular complexity index is 598. The molecule has 0 bridgehead atoms. The van der Waals surface area contributed by atoms with Gasteiger partial charge in [0.2, 0.25) is 0 Å². The summed E-state index contributed by atoms with van der Waals surface area (Å²) in [6.07, 6.45) is 32.3. The fourth-order valence-corrected chi connectivity index (χ4v) is 5.74. The molecule has 0 rings (SSSR count). The minimum absolute atomic E-state index is 0.0190. The first-order chi connectivity index (χ1) is 21.5. The average molecular weight is 626 g/mol. The summed E-state index contributed by atoms with van der Waals surface area (Å²) >= 11 is 0. The van der Waals surface area contributed by atoms with E-state index >= 15 is 0 Å². The standard InChI is InChI=1S/C38H75NO5/c1-4-7-10-13-16-22-27-35-43-37(40)32-28-34-39(42)33-26-21-17-20-25-31-38(41)44-36(29-23-18-14-11-8-5-2)30-24-19-15-12-9-6-3/h36,42H,4-35H2,1-3H3. The maximum absolute atomic E-state index is 12.6. The van der Waals surface area contributed by atoms with E-state index in [-0.39, 0.29) is 18.0 Å². The van der Waals surface area contributed by atoms with Gasteiger partial charge in [0.1, 0.15) is 6.10 Å². The van der Waals surface area contributed by atoms with Gasteiger partial charge in [0.15, 0.2) is 0 Å². The van der Waals surface area contributed by atoms with Crippen molar-refractivity contribution in [2.75, 3.05) is 19.7 Å². The van der Waals surface area contributed by atoms with Gasteiger partial charge < -0.3 is 14.7 Å². The molecule has 0 spiro atoms. The van der Waals surface area contributed by atoms with Gasteiger partial charge in [-0.25, -0.2) is 0 Å². The highest BCUT2D eigenvalue weighted by molar-refractivity contribution is 5.69. The van der Waals surface area contributed by atoms with E-state index in [2.05, 4.69) is 20.8 Å². The first kappa shape index (κ1) is 42.9. The van der Waals surface area contributed by atoms with Crippen LogP contribution in [0.3, 0.4) is 0 Å². The van der Waals surface area contributed by atoms with Crippen molar-refractivity contribution in [2.45, 2.75) is 213 Å². The Morgan fingerprint density at radius 1 is 0.500 bits per heavy atom. The fourth-order valence-electron chi connectivity index (χ4n) is 5.74. The molecule has 0 aromatic carbocycles. The summed E-state index contributed by atoms with van der Waals surface area (Å²) in [5.74, 6) is -0.173. The van der Waals surface area contributed by atoms with Crippen molar-refractivity contribution >= 4 is 11.9 Å². The molecule has 6 heteroatoms. The number of hydroxylamine groups is 2. The van der Waals surface area contributed by atoms with Crippen molar-refractivity contribution < 1.29 is 24.3 Å². The molecule has 0 aliphatic heterocycles. The average Bonchev–Trinajstić information content (AvgIpc) is 3.01. The number of rotatable bonds is 35. The van der Waals surface area contributed by atoms with Crippen LogP contribution in [0.5, 0.6) is 0 Å². The van der Waals surface area contributed by atoms with E-state index in [1.54, 1.807) is 0 Å². The lowest BCUT2D eigenvalue weighted by Gasteiger charge is -2.18. The zero-order valence-corrected chi connectivity index (χ0v) is 29.7. The van der Waals surface area contributed by atoms with Gasteiger partial charge in [-0.05, 0) is 51.4 Å². The number of ether oxygens (including phenoxy) is 2. The van der Waals surface area contributed by atoms with Gasteiger partial charge in [-0.1, -0.05) is 143 Å². The monoisotopic (exact) mass is 626 g/mol. The number of carbonyl (C=O) groups excluding carboxylic acids is 2. The molecular weight excluding hydrogens is 550 g/mol. The number of unbranched alkanes of at least 4 members (excludes halogenated alkanes) is 20. The Labute approximate surface area is 273 Å². The quantitative estimate of drug-likeness (QED) is 0.0429. The van der Waals surface area contributed by atoms with Crippen molar-refractivity contribution in [1.82, 2.24) is 5.06 Å². The van der Waals surface area contributed by atoms with E-state index in [1.807, 2.05) is 0 Å². The first-order valence-electron chi connectivity index (χ1n) is 19.3. The molecule has 0 aromatic rings. The lowest BCUT2D eigenvalue weighted by Crippen LogP contribution is -2.22. The molecule has 1 N–H and O–H groups in total. The molecule has 0 aliphatic rings. The summed E-state index contributed by atoms with van der Waals surface area (Å²) in [7, 11) is 0. The molecule has 0 amide bonds. The number of hydrogen-bond acceptors (Lipinski definition) is 6. The van der Waals surface area contributed by atoms with E-state index in [0.717, 1.165) is 57.8 Å². The molecule has 0 atom stereocenters. The molecule has 0 unspecified atom stereocenters. The van der Waals surface area contributed by atoms with Gasteiger partial charge in [0, 0.05) is 25.9 Å². The minimum Gasteiger partial charge on any atom is -0.466 e. The second kappa shape index (κ2) is 34.7. The van der Waals surface area contributed by atoms with Crippen LogP contribution in [0, 0.1) is 0 Å². The van der Waals surface area contributed by atoms with Crippen LogP contribution in [0.4, 0.5) is 0 Å². The Morgan fingerprint density at radius 2 is 0.909 bits per heavy atom. The van der Waals surface area contributed by atoms with Gasteiger partial charge in [0.05, 0.1) is 6.61 Å². The second-order valence-electron chi connectivity index (χ2n) is 13.1. The number of carbonyl (C=O) groups is 2. The molecule has 0 saturated carbocycles. The molecule has 0 fully saturated rings. The van der Waals surface area contributed by atoms with Crippen LogP contribution in [0.1, 0.15) is 207 Å². The summed E-state index contributed by atoms with van der Waals surface area (Å²) in [5.41, 5.74) is 0. The fraction of sp³-hybridized carbons (Fsp3) is 0.947. The van der Waals surface area contributed by atoms with Gasteiger partial charge >= 0.3 is 11.9 Å². The molecule has 44 heavy (non-hydrogen) atoms. The molecule has 0 aliphatic carbocycles. The summed E-state index contributed by atoms with van der Waals surface area (Å²) in [6.45, 7) is 8.36. The van der Waals surface area contributed by atoms with Crippen molar-refractivity contribution in [2.24, 2.45) is 0 Å². The Balaban J connectivity index is 3.85. The predicted molar refractivity (Wildman–Crippen MR) is 185 cm³/mol. The highest BCUT2D eigenvalue weighted by atomic mass is 16.5. The molecule has 0 heterocycles. The number of esters is 2. The minimum atomic E-state index is -0.154. The largest absolute Gasteiger partial charge is 0.466 e. The Kier molecular flexibility index (Phi) is 33.8. The molecule has 0 saturated heterocycles. The van der Waals surface area contributed by atoms with Crippen molar-refractivity contribution in [3.8, 4) is 0 Å². The van der Waals surface area contributed by atoms with Crippen LogP contribution in [0.25, 0.3) is 0 Å². The van der Waals surface area contributed by atoms with Gasteiger partial charge in [-0.3, -0.25) is 9.59 Å². The third kappa shape index (κ3) is 32.3. The van der Waals surface area contributed by atoms with Crippen LogP contribution in [0.2, 0.25) is 0 Å². The van der Waals surface area contributed by atoms with Crippen LogP contribution < -0.4 is 0 Å². The summed E-state index contributed by atoms with van der Waals surface area (Å²) in [4.78, 5) is 24.5. The summed E-state index contributed by atoms with van der Waals surface area (Å²) in [5, 5.41) is 11.4. The van der Waals surface area contributed by atoms with E-state index < -0.39 is 0 Å². The zero-order valence-electron chi connectivity index (χ0n) is 29.7. The Morgan fingerprint density at radius 3 is 1.45 bits per heavy atom. The van der Waals surface area contributed by atoms with Crippen LogP contribution in [0.15, 0.2) is 0 Å². The normalized spacial score (nSPS) is 11.5. The van der Waals surface area contributed by atoms with Crippen LogP contribution in [-0.4, -0.2) is 48.0 Å². The van der Waals surface area contributed by atoms with E-state index in [1.165, 1.54) is 114 Å². The van der Waals surface area contributed by atoms with Crippen molar-refractivity contribution in [3.63, 3.8) is 0 Å². The molecule has 6 nitrogen and oxygen atoms in total. The number of nitrogens with zero attached hydrogens (tertiary/aromatic N) is 1. The number of hydrogen-bond donors (Lipinski definition) is 1. The second-order valence-corrected chi connectivity index (χ2v) is 13.1. The van der Waals surface area contributed by atoms with Crippen molar-refractivity contribution in [3.05, 3.63) is 0 Å². The molecule has 0 aromatic heterocycles. The van der Waals surface area contributed by atoms with Crippen LogP contribution >= 0.6 is 0 Å². The summed E-state index contributed by atoms with van der Waals surface area (Å²) in [6, 6.07) is 0. The topological polar surface area (TPSA) is 76.1 Å². The molecule has 262 valence electrons. The maximum Gasteiger partial charge on any atom is 0.306 e. The third-order valence-corrected chi connectivity index (χ3v) is 8.66. The smallest absolute Gasteiger partial charge is 0.306 e. The Hall–Kier alpha value is -1.14. The first-order valence-corrected chi connectivity index (χ1v) is 19.3. The molecule has 0 radical (unpaired) electrons. The van der Waals surface area contributed by atoms with Gasteiger partial charge in [0.25, 0.3) is 0 Å². The van der Waals surface area contributed by atoms with Gasteiger partial charge in [-0.2, -0.15) is 5.06 Å². The third-order valence-electron chi connectivity index (χ3n) is 8.66. The lowest BCUT2D eigenvalue weighted by molar-refractivity contribution is -0.150. The SMILES string of the molecule is CCCCCCCCCOC(=O)CCCN(O)CCCCCCCC(=O)OC(CCCCCCCC)CCCCCCCC. The van der Waals surface area contributed by atoms with Crippen molar-refractivity contribution in [1.29, 1.82) is 0 Å². The van der Waals surface area contributed by atoms with E-state index in [9.17, 15) is 14.8 Å². The maximum atomic E-state index is 12.6.